The van der Waals surface area contributed by atoms with Crippen molar-refractivity contribution in [2.24, 2.45) is 0 Å². The fourth-order valence-corrected chi connectivity index (χ4v) is 3.03. The van der Waals surface area contributed by atoms with Crippen molar-refractivity contribution in [3.8, 4) is 0 Å². The van der Waals surface area contributed by atoms with Crippen molar-refractivity contribution in [2.45, 2.75) is 39.8 Å². The smallest absolute Gasteiger partial charge is 0.273 e. The summed E-state index contributed by atoms with van der Waals surface area (Å²) in [5.74, 6) is 0.322. The molecule has 1 heterocycles. The number of aryl methyl sites for hydroxylation is 1. The molecule has 0 aliphatic rings. The molecule has 0 aliphatic carbocycles. The van der Waals surface area contributed by atoms with E-state index in [0.29, 0.717) is 18.2 Å². The van der Waals surface area contributed by atoms with Crippen LogP contribution in [0.3, 0.4) is 0 Å². The second-order valence-electron chi connectivity index (χ2n) is 6.91. The molecule has 0 fully saturated rings. The van der Waals surface area contributed by atoms with Crippen LogP contribution in [-0.4, -0.2) is 26.8 Å². The number of hydrogen-bond acceptors (Lipinski definition) is 4. The molecule has 0 radical (unpaired) electrons. The van der Waals surface area contributed by atoms with E-state index in [1.165, 1.54) is 5.56 Å². The Morgan fingerprint density at radius 2 is 1.75 bits per heavy atom. The number of carbonyl (C=O) groups excluding carboxylic acids is 1. The average molecular weight is 374 g/mol. The van der Waals surface area contributed by atoms with Gasteiger partial charge in [0, 0.05) is 24.5 Å². The van der Waals surface area contributed by atoms with Gasteiger partial charge in [-0.25, -0.2) is 9.97 Å². The minimum Gasteiger partial charge on any atom is -0.331 e. The molecule has 0 bridgehead atoms. The molecule has 1 N–H and O–H groups in total. The zero-order chi connectivity index (χ0) is 19.9. The third-order valence-corrected chi connectivity index (χ3v) is 4.60. The number of benzene rings is 2. The van der Waals surface area contributed by atoms with Gasteiger partial charge in [0.1, 0.15) is 5.69 Å². The molecule has 0 aliphatic heterocycles. The molecule has 0 saturated heterocycles. The molecule has 0 saturated carbocycles. The minimum absolute atomic E-state index is 0.0555. The maximum Gasteiger partial charge on any atom is 0.273 e. The van der Waals surface area contributed by atoms with Crippen molar-refractivity contribution in [1.29, 1.82) is 0 Å². The van der Waals surface area contributed by atoms with Crippen LogP contribution in [0, 0.1) is 0 Å². The number of amides is 1. The number of aromatic nitrogens is 2. The first-order chi connectivity index (χ1) is 13.6. The summed E-state index contributed by atoms with van der Waals surface area (Å²) < 4.78 is 0. The first kappa shape index (κ1) is 19.5. The third-order valence-electron chi connectivity index (χ3n) is 4.60. The van der Waals surface area contributed by atoms with Crippen molar-refractivity contribution in [3.63, 3.8) is 0 Å². The predicted molar refractivity (Wildman–Crippen MR) is 113 cm³/mol. The zero-order valence-corrected chi connectivity index (χ0v) is 16.6. The summed E-state index contributed by atoms with van der Waals surface area (Å²) in [7, 11) is 0. The Morgan fingerprint density at radius 3 is 2.46 bits per heavy atom. The Kier molecular flexibility index (Phi) is 6.37. The lowest BCUT2D eigenvalue weighted by Crippen LogP contribution is -2.37. The molecule has 0 spiro atoms. The molecule has 2 aromatic carbocycles. The van der Waals surface area contributed by atoms with Crippen LogP contribution in [0.15, 0.2) is 66.9 Å². The van der Waals surface area contributed by atoms with E-state index < -0.39 is 0 Å². The van der Waals surface area contributed by atoms with Crippen LogP contribution in [-0.2, 0) is 13.0 Å². The van der Waals surface area contributed by atoms with E-state index in [1.54, 1.807) is 12.3 Å². The van der Waals surface area contributed by atoms with Crippen molar-refractivity contribution in [1.82, 2.24) is 14.9 Å². The third kappa shape index (κ3) is 4.74. The van der Waals surface area contributed by atoms with Gasteiger partial charge >= 0.3 is 0 Å². The summed E-state index contributed by atoms with van der Waals surface area (Å²) >= 11 is 0. The van der Waals surface area contributed by atoms with E-state index in [4.69, 9.17) is 0 Å². The Hall–Kier alpha value is -3.21. The van der Waals surface area contributed by atoms with Crippen LogP contribution >= 0.6 is 0 Å². The first-order valence-electron chi connectivity index (χ1n) is 9.61. The average Bonchev–Trinajstić information content (AvgIpc) is 2.72. The normalized spacial score (nSPS) is 10.7. The van der Waals surface area contributed by atoms with E-state index in [1.807, 2.05) is 67.3 Å². The van der Waals surface area contributed by atoms with Gasteiger partial charge in [0.2, 0.25) is 5.95 Å². The molecule has 28 heavy (non-hydrogen) atoms. The second-order valence-corrected chi connectivity index (χ2v) is 6.91. The van der Waals surface area contributed by atoms with Gasteiger partial charge < -0.3 is 10.2 Å². The lowest BCUT2D eigenvalue weighted by atomic mass is 10.1. The zero-order valence-electron chi connectivity index (χ0n) is 16.6. The maximum atomic E-state index is 13.1. The highest BCUT2D eigenvalue weighted by Crippen LogP contribution is 2.19. The van der Waals surface area contributed by atoms with Crippen LogP contribution in [0.2, 0.25) is 0 Å². The van der Waals surface area contributed by atoms with E-state index in [0.717, 1.165) is 17.7 Å². The van der Waals surface area contributed by atoms with Crippen molar-refractivity contribution in [2.75, 3.05) is 5.32 Å². The largest absolute Gasteiger partial charge is 0.331 e. The fourth-order valence-electron chi connectivity index (χ4n) is 3.03. The lowest BCUT2D eigenvalue weighted by Gasteiger charge is -2.26. The highest BCUT2D eigenvalue weighted by atomic mass is 16.2. The van der Waals surface area contributed by atoms with Crippen LogP contribution in [0.4, 0.5) is 11.6 Å². The molecule has 0 atom stereocenters. The molecule has 3 rings (SSSR count). The standard InChI is InChI=1S/C23H26N4O/c1-4-19-12-8-9-13-20(19)25-23-24-15-14-21(26-23)22(28)27(17(2)3)16-18-10-6-5-7-11-18/h5-15,17H,4,16H2,1-3H3,(H,24,25,26). The quantitative estimate of drug-likeness (QED) is 0.643. The summed E-state index contributed by atoms with van der Waals surface area (Å²) in [6.07, 6.45) is 2.53. The molecule has 5 heteroatoms. The van der Waals surface area contributed by atoms with E-state index in [-0.39, 0.29) is 11.9 Å². The van der Waals surface area contributed by atoms with Crippen molar-refractivity contribution >= 4 is 17.5 Å². The van der Waals surface area contributed by atoms with Gasteiger partial charge in [0.25, 0.3) is 5.91 Å². The Labute approximate surface area is 166 Å². The SMILES string of the molecule is CCc1ccccc1Nc1nccc(C(=O)N(Cc2ccccc2)C(C)C)n1. The Morgan fingerprint density at radius 1 is 1.04 bits per heavy atom. The lowest BCUT2D eigenvalue weighted by molar-refractivity contribution is 0.0684. The number of para-hydroxylation sites is 1. The molecule has 0 unspecified atom stereocenters. The molecular weight excluding hydrogens is 348 g/mol. The highest BCUT2D eigenvalue weighted by molar-refractivity contribution is 5.92. The number of hydrogen-bond donors (Lipinski definition) is 1. The maximum absolute atomic E-state index is 13.1. The van der Waals surface area contributed by atoms with E-state index in [9.17, 15) is 4.79 Å². The molecule has 5 nitrogen and oxygen atoms in total. The van der Waals surface area contributed by atoms with E-state index in [2.05, 4.69) is 28.3 Å². The van der Waals surface area contributed by atoms with Gasteiger partial charge in [-0.15, -0.1) is 0 Å². The molecule has 1 aromatic heterocycles. The van der Waals surface area contributed by atoms with Crippen LogP contribution < -0.4 is 5.32 Å². The minimum atomic E-state index is -0.104. The van der Waals surface area contributed by atoms with Gasteiger partial charge in [-0.05, 0) is 43.5 Å². The highest BCUT2D eigenvalue weighted by Gasteiger charge is 2.21. The van der Waals surface area contributed by atoms with Crippen LogP contribution in [0.5, 0.6) is 0 Å². The van der Waals surface area contributed by atoms with Crippen molar-refractivity contribution in [3.05, 3.63) is 83.7 Å². The van der Waals surface area contributed by atoms with Crippen LogP contribution in [0.1, 0.15) is 42.4 Å². The molecular formula is C23H26N4O. The van der Waals surface area contributed by atoms with Gasteiger partial charge in [0.15, 0.2) is 0 Å². The summed E-state index contributed by atoms with van der Waals surface area (Å²) in [6, 6.07) is 19.7. The number of rotatable bonds is 7. The molecule has 3 aromatic rings. The van der Waals surface area contributed by atoms with Crippen LogP contribution in [0.25, 0.3) is 0 Å². The van der Waals surface area contributed by atoms with E-state index >= 15 is 0 Å². The van der Waals surface area contributed by atoms with Gasteiger partial charge in [0.05, 0.1) is 0 Å². The topological polar surface area (TPSA) is 58.1 Å². The number of anilines is 2. The summed E-state index contributed by atoms with van der Waals surface area (Å²) in [5, 5.41) is 3.24. The van der Waals surface area contributed by atoms with Gasteiger partial charge in [-0.3, -0.25) is 4.79 Å². The molecule has 1 amide bonds. The Bertz CT molecular complexity index is 925. The fraction of sp³-hybridized carbons (Fsp3) is 0.261. The second kappa shape index (κ2) is 9.13. The summed E-state index contributed by atoms with van der Waals surface area (Å²) in [5.41, 5.74) is 3.61. The summed E-state index contributed by atoms with van der Waals surface area (Å²) in [4.78, 5) is 23.7. The Balaban J connectivity index is 1.82. The molecule has 144 valence electrons. The predicted octanol–water partition coefficient (Wildman–Crippen LogP) is 4.83. The first-order valence-corrected chi connectivity index (χ1v) is 9.61. The van der Waals surface area contributed by atoms with Gasteiger partial charge in [-0.2, -0.15) is 0 Å². The number of carbonyl (C=O) groups is 1. The summed E-state index contributed by atoms with van der Waals surface area (Å²) in [6.45, 7) is 6.67. The monoisotopic (exact) mass is 374 g/mol. The van der Waals surface area contributed by atoms with Gasteiger partial charge in [-0.1, -0.05) is 55.5 Å². The number of nitrogens with zero attached hydrogens (tertiary/aromatic N) is 3. The number of nitrogens with one attached hydrogen (secondary N) is 1. The van der Waals surface area contributed by atoms with Crippen molar-refractivity contribution < 1.29 is 4.79 Å².